The number of nitrogens with zero attached hydrogens (tertiary/aromatic N) is 2. The first-order chi connectivity index (χ1) is 13.9. The van der Waals surface area contributed by atoms with Crippen molar-refractivity contribution >= 4 is 16.0 Å². The van der Waals surface area contributed by atoms with Crippen LogP contribution in [0, 0.1) is 0 Å². The molecule has 0 unspecified atom stereocenters. The number of para-hydroxylation sites is 1. The monoisotopic (exact) mass is 418 g/mol. The average molecular weight is 419 g/mol. The van der Waals surface area contributed by atoms with Gasteiger partial charge in [-0.25, -0.2) is 17.7 Å². The number of guanidine groups is 1. The molecule has 0 bridgehead atoms. The normalized spacial score (nSPS) is 12.1. The molecule has 0 aliphatic heterocycles. The Kier molecular flexibility index (Phi) is 8.48. The topological polar surface area (TPSA) is 83.0 Å². The van der Waals surface area contributed by atoms with Crippen molar-refractivity contribution < 1.29 is 13.2 Å². The Morgan fingerprint density at radius 2 is 1.72 bits per heavy atom. The molecular formula is C21H30N4O3S. The Hall–Kier alpha value is -2.58. The SMILES string of the molecule is CCNC(=NCc1ccc(S(=O)(=O)N(C)C)cc1)NCc1ccccc1OCC. The maximum atomic E-state index is 12.2. The highest BCUT2D eigenvalue weighted by Crippen LogP contribution is 2.17. The van der Waals surface area contributed by atoms with Crippen LogP contribution in [0.5, 0.6) is 5.75 Å². The molecule has 0 fully saturated rings. The summed E-state index contributed by atoms with van der Waals surface area (Å²) in [7, 11) is -0.382. The Morgan fingerprint density at radius 1 is 1.03 bits per heavy atom. The summed E-state index contributed by atoms with van der Waals surface area (Å²) in [5.74, 6) is 1.54. The van der Waals surface area contributed by atoms with Crippen LogP contribution in [0.2, 0.25) is 0 Å². The fourth-order valence-corrected chi connectivity index (χ4v) is 3.52. The van der Waals surface area contributed by atoms with E-state index in [1.54, 1.807) is 24.3 Å². The molecule has 0 saturated heterocycles. The number of sulfonamides is 1. The van der Waals surface area contributed by atoms with E-state index in [2.05, 4.69) is 15.6 Å². The second-order valence-corrected chi connectivity index (χ2v) is 8.67. The molecule has 0 aliphatic carbocycles. The largest absolute Gasteiger partial charge is 0.494 e. The predicted octanol–water partition coefficient (Wildman–Crippen LogP) is 2.59. The standard InChI is InChI=1S/C21H30N4O3S/c1-5-22-21(24-16-18-9-7-8-10-20(18)28-6-2)23-15-17-11-13-19(14-12-17)29(26,27)25(3)4/h7-14H,5-6,15-16H2,1-4H3,(H2,22,23,24). The molecule has 2 aromatic rings. The third kappa shape index (κ3) is 6.47. The van der Waals surface area contributed by atoms with Gasteiger partial charge in [0.05, 0.1) is 18.0 Å². The summed E-state index contributed by atoms with van der Waals surface area (Å²) in [4.78, 5) is 4.87. The van der Waals surface area contributed by atoms with Crippen LogP contribution < -0.4 is 15.4 Å². The van der Waals surface area contributed by atoms with Gasteiger partial charge in [0.1, 0.15) is 5.75 Å². The highest BCUT2D eigenvalue weighted by Gasteiger charge is 2.16. The molecule has 7 nitrogen and oxygen atoms in total. The van der Waals surface area contributed by atoms with Gasteiger partial charge in [-0.2, -0.15) is 0 Å². The highest BCUT2D eigenvalue weighted by molar-refractivity contribution is 7.89. The molecule has 29 heavy (non-hydrogen) atoms. The van der Waals surface area contributed by atoms with Crippen molar-refractivity contribution in [2.24, 2.45) is 4.99 Å². The van der Waals surface area contributed by atoms with E-state index >= 15 is 0 Å². The molecule has 0 spiro atoms. The van der Waals surface area contributed by atoms with Crippen LogP contribution in [0.1, 0.15) is 25.0 Å². The van der Waals surface area contributed by atoms with Crippen LogP contribution in [0.4, 0.5) is 0 Å². The molecule has 2 N–H and O–H groups in total. The number of aliphatic imine (C=N–C) groups is 1. The number of rotatable bonds is 9. The zero-order valence-corrected chi connectivity index (χ0v) is 18.3. The van der Waals surface area contributed by atoms with Crippen LogP contribution in [-0.2, 0) is 23.1 Å². The molecule has 2 aromatic carbocycles. The van der Waals surface area contributed by atoms with E-state index in [1.165, 1.54) is 18.4 Å². The number of hydrogen-bond donors (Lipinski definition) is 2. The zero-order valence-electron chi connectivity index (χ0n) is 17.5. The van der Waals surface area contributed by atoms with Crippen LogP contribution in [0.3, 0.4) is 0 Å². The van der Waals surface area contributed by atoms with Gasteiger partial charge in [0.25, 0.3) is 0 Å². The molecule has 8 heteroatoms. The lowest BCUT2D eigenvalue weighted by Gasteiger charge is -2.14. The minimum atomic E-state index is -3.42. The molecule has 0 atom stereocenters. The van der Waals surface area contributed by atoms with E-state index < -0.39 is 10.0 Å². The first-order valence-electron chi connectivity index (χ1n) is 9.62. The minimum Gasteiger partial charge on any atom is -0.494 e. The van der Waals surface area contributed by atoms with Crippen LogP contribution in [0.15, 0.2) is 58.4 Å². The minimum absolute atomic E-state index is 0.271. The summed E-state index contributed by atoms with van der Waals surface area (Å²) in [6, 6.07) is 14.7. The molecule has 2 rings (SSSR count). The van der Waals surface area contributed by atoms with E-state index in [-0.39, 0.29) is 4.90 Å². The van der Waals surface area contributed by atoms with E-state index in [4.69, 9.17) is 4.74 Å². The quantitative estimate of drug-likeness (QED) is 0.483. The van der Waals surface area contributed by atoms with Crippen molar-refractivity contribution in [2.45, 2.75) is 31.8 Å². The van der Waals surface area contributed by atoms with Gasteiger partial charge in [0, 0.05) is 32.7 Å². The summed E-state index contributed by atoms with van der Waals surface area (Å²) in [6.45, 7) is 6.34. The molecule has 0 amide bonds. The smallest absolute Gasteiger partial charge is 0.242 e. The lowest BCUT2D eigenvalue weighted by molar-refractivity contribution is 0.336. The van der Waals surface area contributed by atoms with Crippen LogP contribution in [-0.4, -0.2) is 45.9 Å². The van der Waals surface area contributed by atoms with E-state index in [0.717, 1.165) is 23.4 Å². The lowest BCUT2D eigenvalue weighted by atomic mass is 10.2. The Labute approximate surface area is 173 Å². The molecule has 0 aliphatic rings. The first kappa shape index (κ1) is 22.7. The molecule has 0 radical (unpaired) electrons. The van der Waals surface area contributed by atoms with Crippen molar-refractivity contribution in [3.8, 4) is 5.75 Å². The Bertz CT molecular complexity index is 910. The third-order valence-electron chi connectivity index (χ3n) is 4.18. The summed E-state index contributed by atoms with van der Waals surface area (Å²) in [6.07, 6.45) is 0. The Balaban J connectivity index is 2.06. The highest BCUT2D eigenvalue weighted by atomic mass is 32.2. The molecule has 0 aromatic heterocycles. The third-order valence-corrected chi connectivity index (χ3v) is 6.01. The molecular weight excluding hydrogens is 388 g/mol. The fraction of sp³-hybridized carbons (Fsp3) is 0.381. The van der Waals surface area contributed by atoms with Crippen molar-refractivity contribution in [1.82, 2.24) is 14.9 Å². The molecule has 0 saturated carbocycles. The fourth-order valence-electron chi connectivity index (χ4n) is 2.61. The second-order valence-electron chi connectivity index (χ2n) is 6.52. The summed E-state index contributed by atoms with van der Waals surface area (Å²) >= 11 is 0. The van der Waals surface area contributed by atoms with Gasteiger partial charge in [0.2, 0.25) is 10.0 Å². The second kappa shape index (κ2) is 10.8. The maximum Gasteiger partial charge on any atom is 0.242 e. The van der Waals surface area contributed by atoms with Gasteiger partial charge in [-0.05, 0) is 37.6 Å². The van der Waals surface area contributed by atoms with Crippen molar-refractivity contribution in [1.29, 1.82) is 0 Å². The van der Waals surface area contributed by atoms with Gasteiger partial charge >= 0.3 is 0 Å². The average Bonchev–Trinajstić information content (AvgIpc) is 2.71. The lowest BCUT2D eigenvalue weighted by Crippen LogP contribution is -2.36. The summed E-state index contributed by atoms with van der Waals surface area (Å²) < 4.78 is 31.2. The van der Waals surface area contributed by atoms with E-state index in [9.17, 15) is 8.42 Å². The molecule has 158 valence electrons. The van der Waals surface area contributed by atoms with Crippen molar-refractivity contribution in [2.75, 3.05) is 27.2 Å². The van der Waals surface area contributed by atoms with Crippen molar-refractivity contribution in [3.05, 3.63) is 59.7 Å². The van der Waals surface area contributed by atoms with Gasteiger partial charge in [-0.1, -0.05) is 30.3 Å². The number of ether oxygens (including phenoxy) is 1. The zero-order chi connectivity index (χ0) is 21.3. The van der Waals surface area contributed by atoms with Gasteiger partial charge in [0.15, 0.2) is 5.96 Å². The van der Waals surface area contributed by atoms with Gasteiger partial charge < -0.3 is 15.4 Å². The van der Waals surface area contributed by atoms with Crippen LogP contribution in [0.25, 0.3) is 0 Å². The number of benzene rings is 2. The summed E-state index contributed by atoms with van der Waals surface area (Å²) in [5.41, 5.74) is 1.98. The van der Waals surface area contributed by atoms with Crippen molar-refractivity contribution in [3.63, 3.8) is 0 Å². The van der Waals surface area contributed by atoms with Crippen LogP contribution >= 0.6 is 0 Å². The summed E-state index contributed by atoms with van der Waals surface area (Å²) in [5, 5.41) is 6.53. The van der Waals surface area contributed by atoms with Gasteiger partial charge in [-0.3, -0.25) is 0 Å². The van der Waals surface area contributed by atoms with E-state index in [0.29, 0.717) is 25.7 Å². The Morgan fingerprint density at radius 3 is 2.34 bits per heavy atom. The van der Waals surface area contributed by atoms with E-state index in [1.807, 2.05) is 38.1 Å². The number of hydrogen-bond acceptors (Lipinski definition) is 4. The predicted molar refractivity (Wildman–Crippen MR) is 117 cm³/mol. The maximum absolute atomic E-state index is 12.2. The molecule has 0 heterocycles. The number of nitrogens with one attached hydrogen (secondary N) is 2. The van der Waals surface area contributed by atoms with Gasteiger partial charge in [-0.15, -0.1) is 0 Å². The first-order valence-corrected chi connectivity index (χ1v) is 11.1.